The molecule has 1 aromatic heterocycles. The number of hydrogen-bond acceptors (Lipinski definition) is 4. The number of nitrogens with one attached hydrogen (secondary N) is 1. The summed E-state index contributed by atoms with van der Waals surface area (Å²) in [4.78, 5) is 13.1. The molecule has 1 fully saturated rings. The number of aromatic amines is 1. The van der Waals surface area contributed by atoms with Crippen molar-refractivity contribution >= 4 is 16.7 Å². The molecular formula is C20H24N4O. The fourth-order valence-corrected chi connectivity index (χ4v) is 3.38. The first-order valence-electron chi connectivity index (χ1n) is 8.85. The maximum absolute atomic E-state index is 5.18. The molecule has 5 heteroatoms. The van der Waals surface area contributed by atoms with E-state index in [2.05, 4.69) is 45.1 Å². The highest BCUT2D eigenvalue weighted by molar-refractivity contribution is 5.82. The van der Waals surface area contributed by atoms with Crippen LogP contribution in [0.1, 0.15) is 0 Å². The molecule has 0 aliphatic carbocycles. The van der Waals surface area contributed by atoms with Crippen LogP contribution in [0.25, 0.3) is 22.4 Å². The maximum Gasteiger partial charge on any atom is 0.138 e. The summed E-state index contributed by atoms with van der Waals surface area (Å²) in [6.45, 7) is 6.09. The van der Waals surface area contributed by atoms with Gasteiger partial charge in [0.05, 0.1) is 17.6 Å². The first-order chi connectivity index (χ1) is 12.3. The van der Waals surface area contributed by atoms with Gasteiger partial charge in [-0.1, -0.05) is 30.3 Å². The second-order valence-electron chi connectivity index (χ2n) is 6.47. The Hall–Kier alpha value is -2.37. The van der Waals surface area contributed by atoms with E-state index >= 15 is 0 Å². The quantitative estimate of drug-likeness (QED) is 0.778. The molecule has 25 heavy (non-hydrogen) atoms. The van der Waals surface area contributed by atoms with Crippen LogP contribution < -0.4 is 4.90 Å². The van der Waals surface area contributed by atoms with Crippen LogP contribution in [0.4, 0.5) is 5.69 Å². The molecule has 1 aliphatic heterocycles. The number of benzene rings is 2. The van der Waals surface area contributed by atoms with Crippen molar-refractivity contribution in [1.82, 2.24) is 14.9 Å². The summed E-state index contributed by atoms with van der Waals surface area (Å²) in [5, 5.41) is 0. The van der Waals surface area contributed by atoms with Gasteiger partial charge in [-0.3, -0.25) is 4.90 Å². The average Bonchev–Trinajstić information content (AvgIpc) is 3.11. The van der Waals surface area contributed by atoms with Crippen molar-refractivity contribution in [3.63, 3.8) is 0 Å². The van der Waals surface area contributed by atoms with E-state index in [1.807, 2.05) is 18.2 Å². The molecule has 0 atom stereocenters. The molecule has 1 aliphatic rings. The van der Waals surface area contributed by atoms with Crippen molar-refractivity contribution in [3.05, 3.63) is 48.5 Å². The minimum Gasteiger partial charge on any atom is -0.383 e. The normalized spacial score (nSPS) is 15.8. The zero-order valence-electron chi connectivity index (χ0n) is 14.6. The topological polar surface area (TPSA) is 44.4 Å². The predicted molar refractivity (Wildman–Crippen MR) is 102 cm³/mol. The second kappa shape index (κ2) is 7.25. The van der Waals surface area contributed by atoms with Gasteiger partial charge in [0.2, 0.25) is 0 Å². The summed E-state index contributed by atoms with van der Waals surface area (Å²) >= 11 is 0. The molecule has 0 spiro atoms. The van der Waals surface area contributed by atoms with Crippen LogP contribution in [0.3, 0.4) is 0 Å². The highest BCUT2D eigenvalue weighted by Crippen LogP contribution is 2.25. The van der Waals surface area contributed by atoms with Crippen molar-refractivity contribution in [2.45, 2.75) is 0 Å². The third-order valence-electron chi connectivity index (χ3n) is 4.86. The van der Waals surface area contributed by atoms with Gasteiger partial charge in [-0.2, -0.15) is 0 Å². The number of rotatable bonds is 5. The first-order valence-corrected chi connectivity index (χ1v) is 8.85. The van der Waals surface area contributed by atoms with Gasteiger partial charge in [0.1, 0.15) is 5.82 Å². The minimum absolute atomic E-state index is 0.808. The predicted octanol–water partition coefficient (Wildman–Crippen LogP) is 3.00. The zero-order valence-corrected chi connectivity index (χ0v) is 14.6. The number of piperazine rings is 1. The molecule has 5 nitrogen and oxygen atoms in total. The van der Waals surface area contributed by atoms with E-state index in [9.17, 15) is 0 Å². The van der Waals surface area contributed by atoms with Gasteiger partial charge in [0.15, 0.2) is 0 Å². The lowest BCUT2D eigenvalue weighted by atomic mass is 10.2. The Morgan fingerprint density at radius 2 is 1.84 bits per heavy atom. The van der Waals surface area contributed by atoms with E-state index in [1.54, 1.807) is 7.11 Å². The summed E-state index contributed by atoms with van der Waals surface area (Å²) in [6, 6.07) is 16.8. The molecule has 1 N–H and O–H groups in total. The monoisotopic (exact) mass is 336 g/mol. The van der Waals surface area contributed by atoms with E-state index in [4.69, 9.17) is 9.72 Å². The number of anilines is 1. The van der Waals surface area contributed by atoms with E-state index in [0.717, 1.165) is 61.8 Å². The summed E-state index contributed by atoms with van der Waals surface area (Å²) in [7, 11) is 1.76. The number of ether oxygens (including phenoxy) is 1. The van der Waals surface area contributed by atoms with E-state index < -0.39 is 0 Å². The van der Waals surface area contributed by atoms with E-state index in [1.165, 1.54) is 5.69 Å². The Kier molecular flexibility index (Phi) is 4.68. The molecule has 0 bridgehead atoms. The number of methoxy groups -OCH3 is 1. The van der Waals surface area contributed by atoms with Crippen LogP contribution in [0, 0.1) is 0 Å². The van der Waals surface area contributed by atoms with Gasteiger partial charge >= 0.3 is 0 Å². The van der Waals surface area contributed by atoms with Crippen LogP contribution in [0.2, 0.25) is 0 Å². The van der Waals surface area contributed by atoms with Crippen molar-refractivity contribution in [1.29, 1.82) is 0 Å². The minimum atomic E-state index is 0.808. The van der Waals surface area contributed by atoms with Gasteiger partial charge in [0.25, 0.3) is 0 Å². The van der Waals surface area contributed by atoms with Crippen molar-refractivity contribution in [2.75, 3.05) is 51.3 Å². The lowest BCUT2D eigenvalue weighted by molar-refractivity contribution is 0.144. The van der Waals surface area contributed by atoms with Crippen LogP contribution in [0.5, 0.6) is 0 Å². The Balaban J connectivity index is 1.50. The van der Waals surface area contributed by atoms with Crippen molar-refractivity contribution in [3.8, 4) is 11.4 Å². The van der Waals surface area contributed by atoms with Gasteiger partial charge in [-0.25, -0.2) is 4.98 Å². The summed E-state index contributed by atoms with van der Waals surface area (Å²) in [6.07, 6.45) is 0. The lowest BCUT2D eigenvalue weighted by Gasteiger charge is -2.36. The molecule has 2 heterocycles. The highest BCUT2D eigenvalue weighted by atomic mass is 16.5. The third kappa shape index (κ3) is 3.52. The molecule has 0 radical (unpaired) electrons. The molecule has 1 saturated heterocycles. The third-order valence-corrected chi connectivity index (χ3v) is 4.86. The molecule has 0 amide bonds. The van der Waals surface area contributed by atoms with Crippen LogP contribution >= 0.6 is 0 Å². The number of nitrogens with zero attached hydrogens (tertiary/aromatic N) is 3. The standard InChI is InChI=1S/C20H24N4O/c1-25-14-13-23-9-11-24(12-10-23)17-7-8-18-19(15-17)22-20(21-18)16-5-3-2-4-6-16/h2-8,15H,9-14H2,1H3,(H,21,22). The van der Waals surface area contributed by atoms with Crippen LogP contribution in [0.15, 0.2) is 48.5 Å². The van der Waals surface area contributed by atoms with Crippen molar-refractivity contribution < 1.29 is 4.74 Å². The largest absolute Gasteiger partial charge is 0.383 e. The SMILES string of the molecule is COCCN1CCN(c2ccc3nc(-c4ccccc4)[nH]c3c2)CC1. The number of imidazole rings is 1. The lowest BCUT2D eigenvalue weighted by Crippen LogP contribution is -2.47. The molecular weight excluding hydrogens is 312 g/mol. The second-order valence-corrected chi connectivity index (χ2v) is 6.47. The number of fused-ring (bicyclic) bond motifs is 1. The highest BCUT2D eigenvalue weighted by Gasteiger charge is 2.17. The number of H-pyrrole nitrogens is 1. The smallest absolute Gasteiger partial charge is 0.138 e. The number of aromatic nitrogens is 2. The van der Waals surface area contributed by atoms with Gasteiger partial charge in [0, 0.05) is 51.1 Å². The fraction of sp³-hybridized carbons (Fsp3) is 0.350. The van der Waals surface area contributed by atoms with Crippen molar-refractivity contribution in [2.24, 2.45) is 0 Å². The summed E-state index contributed by atoms with van der Waals surface area (Å²) in [5.74, 6) is 0.928. The molecule has 130 valence electrons. The van der Waals surface area contributed by atoms with Gasteiger partial charge in [-0.05, 0) is 18.2 Å². The van der Waals surface area contributed by atoms with Gasteiger partial charge < -0.3 is 14.6 Å². The maximum atomic E-state index is 5.18. The first kappa shape index (κ1) is 16.1. The Bertz CT molecular complexity index is 822. The molecule has 2 aromatic carbocycles. The molecule has 4 rings (SSSR count). The molecule has 0 unspecified atom stereocenters. The van der Waals surface area contributed by atoms with E-state index in [0.29, 0.717) is 0 Å². The Morgan fingerprint density at radius 1 is 1.04 bits per heavy atom. The fourth-order valence-electron chi connectivity index (χ4n) is 3.38. The van der Waals surface area contributed by atoms with Crippen LogP contribution in [-0.4, -0.2) is 61.3 Å². The zero-order chi connectivity index (χ0) is 17.1. The Labute approximate surface area is 148 Å². The van der Waals surface area contributed by atoms with Crippen LogP contribution in [-0.2, 0) is 4.74 Å². The summed E-state index contributed by atoms with van der Waals surface area (Å²) in [5.41, 5.74) is 4.49. The summed E-state index contributed by atoms with van der Waals surface area (Å²) < 4.78 is 5.18. The Morgan fingerprint density at radius 3 is 2.60 bits per heavy atom. The number of hydrogen-bond donors (Lipinski definition) is 1. The average molecular weight is 336 g/mol. The molecule has 3 aromatic rings. The molecule has 0 saturated carbocycles. The van der Waals surface area contributed by atoms with E-state index in [-0.39, 0.29) is 0 Å². The van der Waals surface area contributed by atoms with Gasteiger partial charge in [-0.15, -0.1) is 0 Å².